The number of carboxylic acids is 1. The molecular weight excluding hydrogens is 316 g/mol. The molecule has 0 spiro atoms. The Bertz CT molecular complexity index is 941. The molecule has 0 aliphatic rings. The number of nitrogens with zero attached hydrogens (tertiary/aromatic N) is 1. The normalized spacial score (nSPS) is 10.8. The van der Waals surface area contributed by atoms with E-state index in [2.05, 4.69) is 4.98 Å². The first-order valence-electron chi connectivity index (χ1n) is 7.26. The van der Waals surface area contributed by atoms with Crippen LogP contribution in [0.2, 0.25) is 0 Å². The maximum absolute atomic E-state index is 14.0. The lowest BCUT2D eigenvalue weighted by Gasteiger charge is -2.10. The van der Waals surface area contributed by atoms with Crippen molar-refractivity contribution in [2.45, 2.75) is 6.92 Å². The molecule has 0 fully saturated rings. The number of pyridine rings is 1. The lowest BCUT2D eigenvalue weighted by atomic mass is 10.0. The minimum absolute atomic E-state index is 0.0275. The van der Waals surface area contributed by atoms with Crippen LogP contribution in [-0.4, -0.2) is 22.7 Å². The summed E-state index contributed by atoms with van der Waals surface area (Å²) in [6, 6.07) is 9.20. The predicted octanol–water partition coefficient (Wildman–Crippen LogP) is 4.28. The number of carbonyl (C=O) groups is 1. The minimum Gasteiger partial charge on any atom is -0.494 e. The molecule has 0 bridgehead atoms. The third kappa shape index (κ3) is 2.90. The Balaban J connectivity index is 2.24. The van der Waals surface area contributed by atoms with Crippen LogP contribution in [0.25, 0.3) is 22.2 Å². The van der Waals surface area contributed by atoms with Crippen molar-refractivity contribution in [2.24, 2.45) is 0 Å². The Labute approximate surface area is 136 Å². The van der Waals surface area contributed by atoms with Gasteiger partial charge in [-0.25, -0.2) is 18.6 Å². The van der Waals surface area contributed by atoms with Gasteiger partial charge in [0, 0.05) is 17.0 Å². The van der Waals surface area contributed by atoms with Crippen LogP contribution in [0.3, 0.4) is 0 Å². The van der Waals surface area contributed by atoms with Crippen LogP contribution in [-0.2, 0) is 0 Å². The first-order chi connectivity index (χ1) is 11.5. The molecule has 0 aliphatic carbocycles. The van der Waals surface area contributed by atoms with Crippen molar-refractivity contribution in [3.05, 3.63) is 59.7 Å². The molecule has 3 rings (SSSR count). The van der Waals surface area contributed by atoms with E-state index in [1.54, 1.807) is 18.2 Å². The Kier molecular flexibility index (Phi) is 4.12. The third-order valence-corrected chi connectivity index (χ3v) is 3.53. The summed E-state index contributed by atoms with van der Waals surface area (Å²) in [5.41, 5.74) is 0.522. The quantitative estimate of drug-likeness (QED) is 0.776. The fourth-order valence-corrected chi connectivity index (χ4v) is 2.47. The average molecular weight is 329 g/mol. The second-order valence-electron chi connectivity index (χ2n) is 5.10. The number of fused-ring (bicyclic) bond motifs is 1. The van der Waals surface area contributed by atoms with Gasteiger partial charge in [-0.15, -0.1) is 0 Å². The SMILES string of the molecule is CCOc1ccc2nc(-c3ccc(F)cc3F)cc(C(=O)O)c2c1. The highest BCUT2D eigenvalue weighted by Crippen LogP contribution is 2.29. The number of hydrogen-bond donors (Lipinski definition) is 1. The smallest absolute Gasteiger partial charge is 0.336 e. The summed E-state index contributed by atoms with van der Waals surface area (Å²) in [6.07, 6.45) is 0. The molecule has 1 heterocycles. The average Bonchev–Trinajstić information content (AvgIpc) is 2.54. The maximum atomic E-state index is 14.0. The van der Waals surface area contributed by atoms with Gasteiger partial charge >= 0.3 is 5.97 Å². The zero-order chi connectivity index (χ0) is 17.3. The molecule has 4 nitrogen and oxygen atoms in total. The highest BCUT2D eigenvalue weighted by molar-refractivity contribution is 6.04. The number of hydrogen-bond acceptors (Lipinski definition) is 3. The molecular formula is C18H13F2NO3. The summed E-state index contributed by atoms with van der Waals surface area (Å²) in [5.74, 6) is -2.16. The van der Waals surface area contributed by atoms with Gasteiger partial charge in [-0.3, -0.25) is 0 Å². The molecule has 122 valence electrons. The van der Waals surface area contributed by atoms with E-state index in [1.165, 1.54) is 12.1 Å². The molecule has 0 atom stereocenters. The molecule has 24 heavy (non-hydrogen) atoms. The van der Waals surface area contributed by atoms with Crippen LogP contribution in [0.15, 0.2) is 42.5 Å². The molecule has 0 aliphatic heterocycles. The monoisotopic (exact) mass is 329 g/mol. The molecule has 1 N–H and O–H groups in total. The van der Waals surface area contributed by atoms with Crippen LogP contribution in [0.1, 0.15) is 17.3 Å². The van der Waals surface area contributed by atoms with E-state index in [9.17, 15) is 18.7 Å². The van der Waals surface area contributed by atoms with Gasteiger partial charge in [0.25, 0.3) is 0 Å². The van der Waals surface area contributed by atoms with Crippen LogP contribution in [0.5, 0.6) is 5.75 Å². The van der Waals surface area contributed by atoms with Crippen LogP contribution in [0, 0.1) is 11.6 Å². The van der Waals surface area contributed by atoms with Gasteiger partial charge in [-0.05, 0) is 43.3 Å². The van der Waals surface area contributed by atoms with E-state index in [0.717, 1.165) is 12.1 Å². The molecule has 6 heteroatoms. The van der Waals surface area contributed by atoms with E-state index >= 15 is 0 Å². The van der Waals surface area contributed by atoms with Crippen LogP contribution < -0.4 is 4.74 Å². The first kappa shape index (κ1) is 15.9. The molecule has 1 aromatic heterocycles. The molecule has 3 aromatic rings. The number of benzene rings is 2. The fourth-order valence-electron chi connectivity index (χ4n) is 2.47. The fraction of sp³-hybridized carbons (Fsp3) is 0.111. The van der Waals surface area contributed by atoms with Gasteiger partial charge < -0.3 is 9.84 Å². The van der Waals surface area contributed by atoms with Crippen molar-refractivity contribution in [3.8, 4) is 17.0 Å². The number of aromatic carboxylic acids is 1. The maximum Gasteiger partial charge on any atom is 0.336 e. The second kappa shape index (κ2) is 6.23. The van der Waals surface area contributed by atoms with Crippen molar-refractivity contribution in [1.82, 2.24) is 4.98 Å². The van der Waals surface area contributed by atoms with Crippen molar-refractivity contribution >= 4 is 16.9 Å². The predicted molar refractivity (Wildman–Crippen MR) is 85.2 cm³/mol. The number of ether oxygens (including phenoxy) is 1. The summed E-state index contributed by atoms with van der Waals surface area (Å²) in [4.78, 5) is 15.9. The summed E-state index contributed by atoms with van der Waals surface area (Å²) in [7, 11) is 0. The standard InChI is InChI=1S/C18H13F2NO3/c1-2-24-11-4-6-16-13(8-11)14(18(22)23)9-17(21-16)12-5-3-10(19)7-15(12)20/h3-9H,2H2,1H3,(H,22,23). The van der Waals surface area contributed by atoms with Gasteiger partial charge in [-0.1, -0.05) is 0 Å². The zero-order valence-electron chi connectivity index (χ0n) is 12.7. The Morgan fingerprint density at radius 3 is 2.62 bits per heavy atom. The molecule has 0 saturated carbocycles. The Morgan fingerprint density at radius 2 is 1.96 bits per heavy atom. The molecule has 0 unspecified atom stereocenters. The molecule has 0 amide bonds. The van der Waals surface area contributed by atoms with E-state index < -0.39 is 17.6 Å². The summed E-state index contributed by atoms with van der Waals surface area (Å²) in [5, 5.41) is 9.85. The summed E-state index contributed by atoms with van der Waals surface area (Å²) >= 11 is 0. The largest absolute Gasteiger partial charge is 0.494 e. The highest BCUT2D eigenvalue weighted by atomic mass is 19.1. The van der Waals surface area contributed by atoms with E-state index in [4.69, 9.17) is 4.74 Å². The van der Waals surface area contributed by atoms with Crippen molar-refractivity contribution < 1.29 is 23.4 Å². The zero-order valence-corrected chi connectivity index (χ0v) is 12.7. The van der Waals surface area contributed by atoms with Gasteiger partial charge in [0.2, 0.25) is 0 Å². The first-order valence-corrected chi connectivity index (χ1v) is 7.26. The van der Waals surface area contributed by atoms with Crippen LogP contribution in [0.4, 0.5) is 8.78 Å². The van der Waals surface area contributed by atoms with Gasteiger partial charge in [0.15, 0.2) is 0 Å². The molecule has 2 aromatic carbocycles. The van der Waals surface area contributed by atoms with Gasteiger partial charge in [-0.2, -0.15) is 0 Å². The van der Waals surface area contributed by atoms with E-state index in [1.807, 2.05) is 6.92 Å². The molecule has 0 radical (unpaired) electrons. The number of carboxylic acid groups (broad SMARTS) is 1. The summed E-state index contributed by atoms with van der Waals surface area (Å²) < 4.78 is 32.4. The minimum atomic E-state index is -1.17. The van der Waals surface area contributed by atoms with Gasteiger partial charge in [0.05, 0.1) is 23.4 Å². The van der Waals surface area contributed by atoms with Crippen molar-refractivity contribution in [2.75, 3.05) is 6.61 Å². The molecule has 0 saturated heterocycles. The Morgan fingerprint density at radius 1 is 1.17 bits per heavy atom. The third-order valence-electron chi connectivity index (χ3n) is 3.53. The lowest BCUT2D eigenvalue weighted by Crippen LogP contribution is -2.02. The van der Waals surface area contributed by atoms with Crippen LogP contribution >= 0.6 is 0 Å². The van der Waals surface area contributed by atoms with E-state index in [-0.39, 0.29) is 16.8 Å². The second-order valence-corrected chi connectivity index (χ2v) is 5.10. The summed E-state index contributed by atoms with van der Waals surface area (Å²) in [6.45, 7) is 2.27. The lowest BCUT2D eigenvalue weighted by molar-refractivity contribution is 0.0699. The van der Waals surface area contributed by atoms with Crippen molar-refractivity contribution in [3.63, 3.8) is 0 Å². The van der Waals surface area contributed by atoms with Gasteiger partial charge in [0.1, 0.15) is 17.4 Å². The number of halogens is 2. The number of aromatic nitrogens is 1. The van der Waals surface area contributed by atoms with Crippen molar-refractivity contribution in [1.29, 1.82) is 0 Å². The number of rotatable bonds is 4. The van der Waals surface area contributed by atoms with E-state index in [0.29, 0.717) is 23.3 Å². The topological polar surface area (TPSA) is 59.4 Å². The Hall–Kier alpha value is -3.02. The highest BCUT2D eigenvalue weighted by Gasteiger charge is 2.16.